The highest BCUT2D eigenvalue weighted by Crippen LogP contribution is 2.53. The molecule has 0 atom stereocenters. The summed E-state index contributed by atoms with van der Waals surface area (Å²) in [7, 11) is 0. The molecule has 0 bridgehead atoms. The summed E-state index contributed by atoms with van der Waals surface area (Å²) in [6, 6.07) is 39.7. The summed E-state index contributed by atoms with van der Waals surface area (Å²) in [5, 5.41) is 2.57. The molecule has 1 heterocycles. The minimum Gasteiger partial charge on any atom is -0.326 e. The largest absolute Gasteiger partial charge is 0.326 e. The number of nitrogens with two attached hydrogens (primary N) is 1. The SMILES string of the molecule is CC1(C)c2ccccc2-c2ccc3c4cc(-c5ccccc5)ccc4n(-c4cccc(CN)c4)c3c21. The molecule has 2 heteroatoms. The van der Waals surface area contributed by atoms with E-state index in [1.807, 2.05) is 0 Å². The Morgan fingerprint density at radius 2 is 1.47 bits per heavy atom. The molecule has 0 aliphatic heterocycles. The van der Waals surface area contributed by atoms with E-state index in [0.717, 1.165) is 11.3 Å². The summed E-state index contributed by atoms with van der Waals surface area (Å²) in [5.41, 5.74) is 18.7. The molecule has 1 aliphatic carbocycles. The number of rotatable bonds is 3. The van der Waals surface area contributed by atoms with Crippen molar-refractivity contribution in [2.75, 3.05) is 0 Å². The summed E-state index contributed by atoms with van der Waals surface area (Å²) in [5.74, 6) is 0. The summed E-state index contributed by atoms with van der Waals surface area (Å²) in [6.07, 6.45) is 0. The molecule has 0 radical (unpaired) electrons. The molecule has 2 N–H and O–H groups in total. The van der Waals surface area contributed by atoms with Gasteiger partial charge in [0.2, 0.25) is 0 Å². The van der Waals surface area contributed by atoms with Crippen LogP contribution < -0.4 is 5.73 Å². The molecule has 0 unspecified atom stereocenters. The molecule has 0 saturated carbocycles. The zero-order chi connectivity index (χ0) is 24.4. The van der Waals surface area contributed by atoms with E-state index in [1.165, 1.54) is 55.2 Å². The van der Waals surface area contributed by atoms with Crippen molar-refractivity contribution in [3.63, 3.8) is 0 Å². The van der Waals surface area contributed by atoms with Crippen LogP contribution in [0, 0.1) is 0 Å². The van der Waals surface area contributed by atoms with Crippen LogP contribution in [0.1, 0.15) is 30.5 Å². The molecular weight excluding hydrogens is 436 g/mol. The standard InChI is InChI=1S/C34H28N2/c1-34(2)30-14-7-6-13-26(30)27-16-17-28-29-20-24(23-10-4-3-5-11-23)15-18-31(29)36(33(28)32(27)34)25-12-8-9-22(19-25)21-35/h3-20H,21,35H2,1-2H3. The Balaban J connectivity index is 1.63. The lowest BCUT2D eigenvalue weighted by molar-refractivity contribution is 0.664. The Morgan fingerprint density at radius 1 is 0.667 bits per heavy atom. The smallest absolute Gasteiger partial charge is 0.0588 e. The maximum absolute atomic E-state index is 6.06. The predicted molar refractivity (Wildman–Crippen MR) is 152 cm³/mol. The molecule has 36 heavy (non-hydrogen) atoms. The van der Waals surface area contributed by atoms with Crippen molar-refractivity contribution in [1.82, 2.24) is 4.57 Å². The van der Waals surface area contributed by atoms with Gasteiger partial charge in [-0.1, -0.05) is 98.8 Å². The molecule has 6 aromatic rings. The molecule has 174 valence electrons. The number of hydrogen-bond donors (Lipinski definition) is 1. The lowest BCUT2D eigenvalue weighted by Gasteiger charge is -2.23. The average Bonchev–Trinajstić information content (AvgIpc) is 3.38. The van der Waals surface area contributed by atoms with Crippen molar-refractivity contribution in [3.8, 4) is 27.9 Å². The van der Waals surface area contributed by atoms with Crippen LogP contribution in [0.5, 0.6) is 0 Å². The lowest BCUT2D eigenvalue weighted by atomic mass is 9.81. The molecule has 7 rings (SSSR count). The van der Waals surface area contributed by atoms with Crippen LogP contribution in [-0.2, 0) is 12.0 Å². The van der Waals surface area contributed by atoms with Crippen LogP contribution >= 0.6 is 0 Å². The molecule has 1 aromatic heterocycles. The monoisotopic (exact) mass is 464 g/mol. The van der Waals surface area contributed by atoms with Crippen LogP contribution in [0.25, 0.3) is 49.7 Å². The van der Waals surface area contributed by atoms with Gasteiger partial charge in [-0.2, -0.15) is 0 Å². The van der Waals surface area contributed by atoms with Crippen LogP contribution in [0.3, 0.4) is 0 Å². The minimum atomic E-state index is -0.106. The molecule has 0 spiro atoms. The van der Waals surface area contributed by atoms with Crippen molar-refractivity contribution in [2.45, 2.75) is 25.8 Å². The first-order chi connectivity index (χ1) is 17.6. The van der Waals surface area contributed by atoms with Gasteiger partial charge in [-0.3, -0.25) is 0 Å². The maximum Gasteiger partial charge on any atom is 0.0588 e. The summed E-state index contributed by atoms with van der Waals surface area (Å²) in [6.45, 7) is 5.26. The Labute approximate surface area is 211 Å². The Kier molecular flexibility index (Phi) is 4.52. The van der Waals surface area contributed by atoms with Gasteiger partial charge in [0.05, 0.1) is 11.0 Å². The first-order valence-electron chi connectivity index (χ1n) is 12.6. The average molecular weight is 465 g/mol. The molecule has 0 amide bonds. The number of fused-ring (bicyclic) bond motifs is 7. The summed E-state index contributed by atoms with van der Waals surface area (Å²) in [4.78, 5) is 0. The van der Waals surface area contributed by atoms with E-state index < -0.39 is 0 Å². The summed E-state index contributed by atoms with van der Waals surface area (Å²) >= 11 is 0. The lowest BCUT2D eigenvalue weighted by Crippen LogP contribution is -2.16. The molecule has 0 fully saturated rings. The minimum absolute atomic E-state index is 0.106. The van der Waals surface area contributed by atoms with Crippen molar-refractivity contribution < 1.29 is 0 Å². The maximum atomic E-state index is 6.06. The third-order valence-corrected chi connectivity index (χ3v) is 7.96. The van der Waals surface area contributed by atoms with Gasteiger partial charge in [0.25, 0.3) is 0 Å². The normalized spacial score (nSPS) is 13.8. The second-order valence-electron chi connectivity index (χ2n) is 10.4. The van der Waals surface area contributed by atoms with Gasteiger partial charge in [-0.05, 0) is 63.2 Å². The van der Waals surface area contributed by atoms with E-state index in [0.29, 0.717) is 6.54 Å². The topological polar surface area (TPSA) is 30.9 Å². The molecular formula is C34H28N2. The number of hydrogen-bond acceptors (Lipinski definition) is 1. The fourth-order valence-electron chi connectivity index (χ4n) is 6.26. The summed E-state index contributed by atoms with van der Waals surface area (Å²) < 4.78 is 2.46. The van der Waals surface area contributed by atoms with Crippen LogP contribution in [0.2, 0.25) is 0 Å². The first kappa shape index (κ1) is 21.2. The van der Waals surface area contributed by atoms with E-state index in [1.54, 1.807) is 0 Å². The van der Waals surface area contributed by atoms with E-state index in [-0.39, 0.29) is 5.41 Å². The van der Waals surface area contributed by atoms with Gasteiger partial charge in [0.1, 0.15) is 0 Å². The van der Waals surface area contributed by atoms with Crippen LogP contribution in [0.15, 0.2) is 109 Å². The third kappa shape index (κ3) is 2.88. The van der Waals surface area contributed by atoms with E-state index in [4.69, 9.17) is 5.73 Å². The van der Waals surface area contributed by atoms with Gasteiger partial charge in [0, 0.05) is 28.4 Å². The fraction of sp³-hybridized carbons (Fsp3) is 0.118. The van der Waals surface area contributed by atoms with Crippen molar-refractivity contribution in [2.24, 2.45) is 5.73 Å². The number of benzene rings is 5. The number of aromatic nitrogens is 1. The van der Waals surface area contributed by atoms with Crippen LogP contribution in [-0.4, -0.2) is 4.57 Å². The van der Waals surface area contributed by atoms with Gasteiger partial charge in [-0.25, -0.2) is 0 Å². The Hall–Kier alpha value is -4.14. The molecule has 1 aliphatic rings. The van der Waals surface area contributed by atoms with Crippen molar-refractivity contribution >= 4 is 21.8 Å². The first-order valence-corrected chi connectivity index (χ1v) is 12.6. The highest BCUT2D eigenvalue weighted by Gasteiger charge is 2.38. The zero-order valence-electron chi connectivity index (χ0n) is 20.6. The van der Waals surface area contributed by atoms with Crippen molar-refractivity contribution in [3.05, 3.63) is 126 Å². The Bertz CT molecular complexity index is 1790. The highest BCUT2D eigenvalue weighted by atomic mass is 15.0. The third-order valence-electron chi connectivity index (χ3n) is 7.96. The molecule has 2 nitrogen and oxygen atoms in total. The van der Waals surface area contributed by atoms with Crippen molar-refractivity contribution in [1.29, 1.82) is 0 Å². The van der Waals surface area contributed by atoms with Crippen LogP contribution in [0.4, 0.5) is 0 Å². The Morgan fingerprint density at radius 3 is 2.31 bits per heavy atom. The van der Waals surface area contributed by atoms with Gasteiger partial charge in [0.15, 0.2) is 0 Å². The highest BCUT2D eigenvalue weighted by molar-refractivity contribution is 6.14. The van der Waals surface area contributed by atoms with Gasteiger partial charge >= 0.3 is 0 Å². The second-order valence-corrected chi connectivity index (χ2v) is 10.4. The number of nitrogens with zero attached hydrogens (tertiary/aromatic N) is 1. The molecule has 0 saturated heterocycles. The van der Waals surface area contributed by atoms with E-state index in [2.05, 4.69) is 128 Å². The zero-order valence-corrected chi connectivity index (χ0v) is 20.6. The van der Waals surface area contributed by atoms with E-state index >= 15 is 0 Å². The van der Waals surface area contributed by atoms with Gasteiger partial charge < -0.3 is 10.3 Å². The van der Waals surface area contributed by atoms with Gasteiger partial charge in [-0.15, -0.1) is 0 Å². The molecule has 5 aromatic carbocycles. The quantitative estimate of drug-likeness (QED) is 0.281. The second kappa shape index (κ2) is 7.68. The fourth-order valence-corrected chi connectivity index (χ4v) is 6.26. The van der Waals surface area contributed by atoms with E-state index in [9.17, 15) is 0 Å². The predicted octanol–water partition coefficient (Wildman–Crippen LogP) is 8.22.